The summed E-state index contributed by atoms with van der Waals surface area (Å²) in [5.41, 5.74) is 0.997. The van der Waals surface area contributed by atoms with Crippen LogP contribution in [-0.4, -0.2) is 54.6 Å². The molecule has 0 spiro atoms. The van der Waals surface area contributed by atoms with E-state index < -0.39 is 5.97 Å². The van der Waals surface area contributed by atoms with Gasteiger partial charge in [0.25, 0.3) is 5.88 Å². The number of hydrogen-bond acceptors (Lipinski definition) is 7. The van der Waals surface area contributed by atoms with Crippen molar-refractivity contribution in [2.75, 3.05) is 27.4 Å². The number of aryl methyl sites for hydroxylation is 1. The minimum absolute atomic E-state index is 0.0483. The highest BCUT2D eigenvalue weighted by molar-refractivity contribution is 9.10. The largest absolute Gasteiger partial charge is 0.489 e. The van der Waals surface area contributed by atoms with Gasteiger partial charge >= 0.3 is 5.97 Å². The van der Waals surface area contributed by atoms with Crippen LogP contribution >= 0.6 is 15.9 Å². The van der Waals surface area contributed by atoms with Gasteiger partial charge in [0.05, 0.1) is 13.7 Å². The third-order valence-electron chi connectivity index (χ3n) is 4.66. The highest BCUT2D eigenvalue weighted by Crippen LogP contribution is 2.32. The fourth-order valence-corrected chi connectivity index (χ4v) is 3.41. The summed E-state index contributed by atoms with van der Waals surface area (Å²) in [7, 11) is 3.20. The molecule has 0 aromatic carbocycles. The van der Waals surface area contributed by atoms with Crippen LogP contribution in [0.2, 0.25) is 0 Å². The summed E-state index contributed by atoms with van der Waals surface area (Å²) in [5.74, 6) is 0.400. The summed E-state index contributed by atoms with van der Waals surface area (Å²) in [6.07, 6.45) is 4.70. The molecule has 1 N–H and O–H groups in total. The first-order valence-corrected chi connectivity index (χ1v) is 10.9. The van der Waals surface area contributed by atoms with Crippen molar-refractivity contribution in [3.8, 4) is 17.4 Å². The van der Waals surface area contributed by atoms with Crippen molar-refractivity contribution in [1.82, 2.24) is 9.97 Å². The van der Waals surface area contributed by atoms with Gasteiger partial charge in [0.15, 0.2) is 5.75 Å². The molecule has 0 aliphatic rings. The summed E-state index contributed by atoms with van der Waals surface area (Å²) in [6.45, 7) is 5.18. The minimum Gasteiger partial charge on any atom is -0.489 e. The fraction of sp³-hybridized carbons (Fsp3) is 0.500. The summed E-state index contributed by atoms with van der Waals surface area (Å²) < 4.78 is 23.0. The molecular formula is C22H29BrN2O6. The third kappa shape index (κ3) is 7.36. The molecule has 0 saturated carbocycles. The predicted octanol–water partition coefficient (Wildman–Crippen LogP) is 4.40. The molecule has 0 bridgehead atoms. The van der Waals surface area contributed by atoms with E-state index in [0.717, 1.165) is 12.0 Å². The molecule has 0 unspecified atom stereocenters. The number of ether oxygens (including phenoxy) is 4. The maximum absolute atomic E-state index is 11.5. The van der Waals surface area contributed by atoms with Crippen LogP contribution in [0.5, 0.6) is 17.4 Å². The summed E-state index contributed by atoms with van der Waals surface area (Å²) in [5, 5.41) is 9.38. The number of carboxylic acid groups (broad SMARTS) is 1. The van der Waals surface area contributed by atoms with Gasteiger partial charge in [-0.1, -0.05) is 13.8 Å². The number of pyridine rings is 2. The Labute approximate surface area is 191 Å². The van der Waals surface area contributed by atoms with Crippen LogP contribution < -0.4 is 14.2 Å². The highest BCUT2D eigenvalue weighted by atomic mass is 79.9. The Morgan fingerprint density at radius 3 is 2.65 bits per heavy atom. The average Bonchev–Trinajstić information content (AvgIpc) is 2.75. The molecule has 2 heterocycles. The molecule has 0 radical (unpaired) electrons. The zero-order valence-corrected chi connectivity index (χ0v) is 19.8. The van der Waals surface area contributed by atoms with E-state index in [-0.39, 0.29) is 17.6 Å². The molecule has 0 fully saturated rings. The Kier molecular flexibility index (Phi) is 10.00. The maximum Gasteiger partial charge on any atom is 0.341 e. The lowest BCUT2D eigenvalue weighted by atomic mass is 9.99. The first-order valence-electron chi connectivity index (χ1n) is 10.1. The molecule has 8 nitrogen and oxygen atoms in total. The lowest BCUT2D eigenvalue weighted by molar-refractivity contribution is 0.0683. The van der Waals surface area contributed by atoms with E-state index in [4.69, 9.17) is 18.9 Å². The normalized spacial score (nSPS) is 11.9. The number of aromatic nitrogens is 2. The number of carboxylic acids is 1. The maximum atomic E-state index is 11.5. The topological polar surface area (TPSA) is 100 Å². The lowest BCUT2D eigenvalue weighted by Crippen LogP contribution is -2.25. The van der Waals surface area contributed by atoms with Crippen LogP contribution in [-0.2, 0) is 11.2 Å². The quantitative estimate of drug-likeness (QED) is 0.321. The molecule has 0 saturated heterocycles. The van der Waals surface area contributed by atoms with Gasteiger partial charge in [-0.3, -0.25) is 4.98 Å². The number of methoxy groups -OCH3 is 2. The molecule has 1 atom stereocenters. The number of nitrogens with zero attached hydrogens (tertiary/aromatic N) is 2. The first-order chi connectivity index (χ1) is 14.9. The summed E-state index contributed by atoms with van der Waals surface area (Å²) >= 11 is 3.51. The Bertz CT molecular complexity index is 862. The monoisotopic (exact) mass is 496 g/mol. The van der Waals surface area contributed by atoms with Crippen LogP contribution in [0.3, 0.4) is 0 Å². The minimum atomic E-state index is -1.07. The molecule has 170 valence electrons. The predicted molar refractivity (Wildman–Crippen MR) is 119 cm³/mol. The Morgan fingerprint density at radius 1 is 1.23 bits per heavy atom. The van der Waals surface area contributed by atoms with Crippen molar-refractivity contribution in [3.05, 3.63) is 40.3 Å². The van der Waals surface area contributed by atoms with Gasteiger partial charge in [-0.25, -0.2) is 9.78 Å². The van der Waals surface area contributed by atoms with E-state index >= 15 is 0 Å². The zero-order valence-electron chi connectivity index (χ0n) is 18.3. The van der Waals surface area contributed by atoms with Crippen LogP contribution in [0.4, 0.5) is 0 Å². The van der Waals surface area contributed by atoms with E-state index in [9.17, 15) is 9.90 Å². The van der Waals surface area contributed by atoms with Crippen molar-refractivity contribution in [3.63, 3.8) is 0 Å². The second-order valence-electron chi connectivity index (χ2n) is 7.26. The second-order valence-corrected chi connectivity index (χ2v) is 8.01. The Balaban J connectivity index is 2.13. The van der Waals surface area contributed by atoms with E-state index in [2.05, 4.69) is 25.9 Å². The van der Waals surface area contributed by atoms with Crippen LogP contribution in [0.1, 0.15) is 42.6 Å². The summed E-state index contributed by atoms with van der Waals surface area (Å²) in [6, 6.07) is 3.49. The smallest absolute Gasteiger partial charge is 0.341 e. The number of aromatic carboxylic acids is 1. The highest BCUT2D eigenvalue weighted by Gasteiger charge is 2.21. The molecule has 0 amide bonds. The number of hydrogen-bond donors (Lipinski definition) is 1. The van der Waals surface area contributed by atoms with Crippen molar-refractivity contribution < 1.29 is 28.8 Å². The number of carbonyl (C=O) groups is 1. The van der Waals surface area contributed by atoms with Crippen LogP contribution in [0.15, 0.2) is 29.1 Å². The molecule has 2 aromatic rings. The fourth-order valence-electron chi connectivity index (χ4n) is 2.94. The molecule has 0 aliphatic heterocycles. The Morgan fingerprint density at radius 2 is 2.00 bits per heavy atom. The van der Waals surface area contributed by atoms with E-state index in [1.807, 2.05) is 19.9 Å². The first kappa shape index (κ1) is 24.9. The van der Waals surface area contributed by atoms with Crippen LogP contribution in [0.25, 0.3) is 0 Å². The number of rotatable bonds is 13. The van der Waals surface area contributed by atoms with E-state index in [1.54, 1.807) is 20.3 Å². The lowest BCUT2D eigenvalue weighted by Gasteiger charge is -2.24. The Hall–Kier alpha value is -2.39. The average molecular weight is 497 g/mol. The molecule has 31 heavy (non-hydrogen) atoms. The third-order valence-corrected chi connectivity index (χ3v) is 5.34. The van der Waals surface area contributed by atoms with Crippen LogP contribution in [0, 0.1) is 5.92 Å². The van der Waals surface area contributed by atoms with Gasteiger partial charge in [-0.15, -0.1) is 0 Å². The van der Waals surface area contributed by atoms with Crippen molar-refractivity contribution >= 4 is 21.9 Å². The number of halogens is 1. The zero-order chi connectivity index (χ0) is 22.8. The molecule has 2 rings (SSSR count). The van der Waals surface area contributed by atoms with E-state index in [0.29, 0.717) is 48.0 Å². The molecule has 2 aromatic heterocycles. The van der Waals surface area contributed by atoms with Crippen molar-refractivity contribution in [2.24, 2.45) is 5.92 Å². The van der Waals surface area contributed by atoms with Crippen molar-refractivity contribution in [2.45, 2.75) is 39.2 Å². The van der Waals surface area contributed by atoms with Crippen molar-refractivity contribution in [1.29, 1.82) is 0 Å². The molecule has 9 heteroatoms. The van der Waals surface area contributed by atoms with Gasteiger partial charge in [0, 0.05) is 32.5 Å². The van der Waals surface area contributed by atoms with Gasteiger partial charge in [0.2, 0.25) is 0 Å². The van der Waals surface area contributed by atoms with Gasteiger partial charge in [-0.05, 0) is 52.4 Å². The second kappa shape index (κ2) is 12.5. The van der Waals surface area contributed by atoms with Gasteiger partial charge < -0.3 is 24.1 Å². The van der Waals surface area contributed by atoms with Gasteiger partial charge in [-0.2, -0.15) is 0 Å². The van der Waals surface area contributed by atoms with Gasteiger partial charge in [0.1, 0.15) is 22.0 Å². The standard InChI is InChI=1S/C22H29BrN2O6/c1-14(2)17(31-18-8-9-24-13-16(18)22(26)27)7-6-15-12-19(30-11-5-10-28-3)21(29-4)25-20(15)23/h8-9,12-14,17H,5-7,10-11H2,1-4H3,(H,26,27)/t17-/m0/s1. The molecule has 0 aliphatic carbocycles. The SMILES string of the molecule is COCCCOc1cc(CC[C@H](Oc2ccncc2C(=O)O)C(C)C)c(Br)nc1OC. The van der Waals surface area contributed by atoms with E-state index in [1.165, 1.54) is 12.4 Å². The summed E-state index contributed by atoms with van der Waals surface area (Å²) in [4.78, 5) is 19.8. The molecular weight excluding hydrogens is 468 g/mol.